The predicted molar refractivity (Wildman–Crippen MR) is 60.5 cm³/mol. The predicted octanol–water partition coefficient (Wildman–Crippen LogP) is 0.959. The highest BCUT2D eigenvalue weighted by molar-refractivity contribution is 7.86. The van der Waals surface area contributed by atoms with Crippen LogP contribution in [0.5, 0.6) is 0 Å². The van der Waals surface area contributed by atoms with Crippen LogP contribution < -0.4 is 0 Å². The van der Waals surface area contributed by atoms with Gasteiger partial charge in [0, 0.05) is 0 Å². The summed E-state index contributed by atoms with van der Waals surface area (Å²) >= 11 is 0. The molecule has 0 aliphatic carbocycles. The van der Waals surface area contributed by atoms with E-state index in [1.54, 1.807) is 0 Å². The summed E-state index contributed by atoms with van der Waals surface area (Å²) in [7, 11) is -7.80. The van der Waals surface area contributed by atoms with Gasteiger partial charge in [-0.15, -0.1) is 0 Å². The van der Waals surface area contributed by atoms with Gasteiger partial charge < -0.3 is 0 Å². The molecule has 8 heteroatoms. The zero-order valence-corrected chi connectivity index (χ0v) is 10.8. The zero-order valence-electron chi connectivity index (χ0n) is 9.16. The van der Waals surface area contributed by atoms with Crippen LogP contribution in [0.15, 0.2) is 0 Å². The molecule has 0 aromatic rings. The Kier molecular flexibility index (Phi) is 6.46. The second-order valence-corrected chi connectivity index (χ2v) is 7.11. The SMILES string of the molecule is CC(CCCS(=O)(=O)O)CCCS(=O)(=O)O. The lowest BCUT2D eigenvalue weighted by Gasteiger charge is -2.09. The van der Waals surface area contributed by atoms with Crippen molar-refractivity contribution in [3.05, 3.63) is 0 Å². The highest BCUT2D eigenvalue weighted by Gasteiger charge is 2.09. The van der Waals surface area contributed by atoms with Crippen molar-refractivity contribution in [3.63, 3.8) is 0 Å². The van der Waals surface area contributed by atoms with Gasteiger partial charge in [0.25, 0.3) is 20.2 Å². The van der Waals surface area contributed by atoms with Gasteiger partial charge in [-0.25, -0.2) is 0 Å². The lowest BCUT2D eigenvalue weighted by atomic mass is 10.0. The minimum absolute atomic E-state index is 0.170. The van der Waals surface area contributed by atoms with E-state index in [0.29, 0.717) is 25.7 Å². The van der Waals surface area contributed by atoms with Crippen LogP contribution in [0, 0.1) is 5.92 Å². The molecule has 0 aromatic carbocycles. The van der Waals surface area contributed by atoms with E-state index in [1.807, 2.05) is 6.92 Å². The van der Waals surface area contributed by atoms with Gasteiger partial charge in [0.1, 0.15) is 0 Å². The Bertz CT molecular complexity index is 345. The molecule has 6 nitrogen and oxygen atoms in total. The fraction of sp³-hybridized carbons (Fsp3) is 1.00. The van der Waals surface area contributed by atoms with Gasteiger partial charge in [-0.1, -0.05) is 6.92 Å². The molecule has 0 fully saturated rings. The van der Waals surface area contributed by atoms with E-state index in [4.69, 9.17) is 9.11 Å². The molecule has 0 radical (unpaired) electrons. The first-order chi connectivity index (χ1) is 7.10. The fourth-order valence-corrected chi connectivity index (χ4v) is 2.44. The van der Waals surface area contributed by atoms with Crippen molar-refractivity contribution in [1.82, 2.24) is 0 Å². The Morgan fingerprint density at radius 3 is 1.44 bits per heavy atom. The monoisotopic (exact) mass is 274 g/mol. The van der Waals surface area contributed by atoms with Crippen LogP contribution in [-0.2, 0) is 20.2 Å². The first-order valence-corrected chi connectivity index (χ1v) is 8.22. The third-order valence-electron chi connectivity index (χ3n) is 2.20. The van der Waals surface area contributed by atoms with E-state index in [0.717, 1.165) is 0 Å². The van der Waals surface area contributed by atoms with Crippen LogP contribution in [0.2, 0.25) is 0 Å². The van der Waals surface area contributed by atoms with Gasteiger partial charge >= 0.3 is 0 Å². The van der Waals surface area contributed by atoms with Crippen molar-refractivity contribution in [2.24, 2.45) is 5.92 Å². The first-order valence-electron chi connectivity index (χ1n) is 5.00. The molecular weight excluding hydrogens is 256 g/mol. The van der Waals surface area contributed by atoms with Gasteiger partial charge in [0.2, 0.25) is 0 Å². The third kappa shape index (κ3) is 11.9. The Labute approximate surface area is 96.6 Å². The smallest absolute Gasteiger partial charge is 0.264 e. The van der Waals surface area contributed by atoms with Crippen molar-refractivity contribution < 1.29 is 25.9 Å². The molecule has 0 atom stereocenters. The molecule has 0 saturated carbocycles. The molecule has 0 unspecified atom stereocenters. The van der Waals surface area contributed by atoms with Crippen molar-refractivity contribution in [3.8, 4) is 0 Å². The van der Waals surface area contributed by atoms with Gasteiger partial charge in [-0.05, 0) is 31.6 Å². The molecule has 0 aliphatic heterocycles. The Morgan fingerprint density at radius 2 is 1.19 bits per heavy atom. The zero-order chi connectivity index (χ0) is 12.8. The molecule has 0 saturated heterocycles. The van der Waals surface area contributed by atoms with Gasteiger partial charge in [0.05, 0.1) is 11.5 Å². The lowest BCUT2D eigenvalue weighted by molar-refractivity contribution is 0.451. The second kappa shape index (κ2) is 6.53. The van der Waals surface area contributed by atoms with E-state index < -0.39 is 20.2 Å². The molecule has 0 heterocycles. The summed E-state index contributed by atoms with van der Waals surface area (Å²) in [6.45, 7) is 1.87. The van der Waals surface area contributed by atoms with Crippen molar-refractivity contribution >= 4 is 20.2 Å². The Hall–Kier alpha value is -0.180. The number of hydrogen-bond donors (Lipinski definition) is 2. The Morgan fingerprint density at radius 1 is 0.875 bits per heavy atom. The molecular formula is C8H18O6S2. The maximum absolute atomic E-state index is 10.4. The summed E-state index contributed by atoms with van der Waals surface area (Å²) in [5, 5.41) is 0. The van der Waals surface area contributed by atoms with Crippen LogP contribution in [0.3, 0.4) is 0 Å². The summed E-state index contributed by atoms with van der Waals surface area (Å²) in [6.07, 6.45) is 1.91. The molecule has 2 N–H and O–H groups in total. The molecule has 0 bridgehead atoms. The fourth-order valence-electron chi connectivity index (χ4n) is 1.37. The molecule has 16 heavy (non-hydrogen) atoms. The number of rotatable bonds is 8. The topological polar surface area (TPSA) is 109 Å². The van der Waals surface area contributed by atoms with Gasteiger partial charge in [-0.3, -0.25) is 9.11 Å². The normalized spacial score (nSPS) is 13.2. The summed E-state index contributed by atoms with van der Waals surface area (Å²) < 4.78 is 58.6. The molecule has 0 aromatic heterocycles. The highest BCUT2D eigenvalue weighted by Crippen LogP contribution is 2.13. The van der Waals surface area contributed by atoms with Crippen LogP contribution in [0.4, 0.5) is 0 Å². The van der Waals surface area contributed by atoms with Gasteiger partial charge in [0.15, 0.2) is 0 Å². The van der Waals surface area contributed by atoms with Gasteiger partial charge in [-0.2, -0.15) is 16.8 Å². The quantitative estimate of drug-likeness (QED) is 0.638. The maximum atomic E-state index is 10.4. The average Bonchev–Trinajstić information content (AvgIpc) is 1.98. The molecule has 98 valence electrons. The van der Waals surface area contributed by atoms with Crippen molar-refractivity contribution in [2.45, 2.75) is 32.6 Å². The van der Waals surface area contributed by atoms with E-state index in [9.17, 15) is 16.8 Å². The lowest BCUT2D eigenvalue weighted by Crippen LogP contribution is -2.08. The van der Waals surface area contributed by atoms with E-state index >= 15 is 0 Å². The summed E-state index contributed by atoms with van der Waals surface area (Å²) in [6, 6.07) is 0. The standard InChI is InChI=1S/C8H18O6S2/c1-8(4-2-6-15(9,10)11)5-3-7-16(12,13)14/h8H,2-7H2,1H3,(H,9,10,11)(H,12,13,14). The second-order valence-electron chi connectivity index (χ2n) is 3.96. The minimum Gasteiger partial charge on any atom is -0.286 e. The van der Waals surface area contributed by atoms with Crippen LogP contribution in [0.25, 0.3) is 0 Å². The summed E-state index contributed by atoms with van der Waals surface area (Å²) in [5.74, 6) is -0.367. The minimum atomic E-state index is -3.90. The van der Waals surface area contributed by atoms with E-state index in [2.05, 4.69) is 0 Å². The average molecular weight is 274 g/mol. The largest absolute Gasteiger partial charge is 0.286 e. The van der Waals surface area contributed by atoms with Crippen LogP contribution >= 0.6 is 0 Å². The van der Waals surface area contributed by atoms with E-state index in [-0.39, 0.29) is 17.4 Å². The molecule has 0 amide bonds. The van der Waals surface area contributed by atoms with Crippen LogP contribution in [-0.4, -0.2) is 37.4 Å². The molecule has 0 rings (SSSR count). The Balaban J connectivity index is 3.64. The molecule has 0 aliphatic rings. The van der Waals surface area contributed by atoms with Crippen molar-refractivity contribution in [1.29, 1.82) is 0 Å². The van der Waals surface area contributed by atoms with Crippen LogP contribution in [0.1, 0.15) is 32.6 Å². The summed E-state index contributed by atoms with van der Waals surface area (Å²) in [4.78, 5) is 0. The van der Waals surface area contributed by atoms with E-state index in [1.165, 1.54) is 0 Å². The van der Waals surface area contributed by atoms with Crippen molar-refractivity contribution in [2.75, 3.05) is 11.5 Å². The maximum Gasteiger partial charge on any atom is 0.264 e. The third-order valence-corrected chi connectivity index (χ3v) is 3.81. The number of hydrogen-bond acceptors (Lipinski definition) is 4. The molecule has 0 spiro atoms. The summed E-state index contributed by atoms with van der Waals surface area (Å²) in [5.41, 5.74) is 0. The first kappa shape index (κ1) is 15.8. The highest BCUT2D eigenvalue weighted by atomic mass is 32.2.